The van der Waals surface area contributed by atoms with Crippen molar-refractivity contribution in [2.45, 2.75) is 19.8 Å². The van der Waals surface area contributed by atoms with Gasteiger partial charge in [0.25, 0.3) is 0 Å². The number of ether oxygens (including phenoxy) is 2. The second-order valence-corrected chi connectivity index (χ2v) is 5.76. The van der Waals surface area contributed by atoms with Crippen molar-refractivity contribution in [2.24, 2.45) is 0 Å². The molecular weight excluding hydrogens is 274 g/mol. The van der Waals surface area contributed by atoms with Crippen LogP contribution in [0.2, 0.25) is 0 Å². The van der Waals surface area contributed by atoms with Gasteiger partial charge in [0.2, 0.25) is 0 Å². The van der Waals surface area contributed by atoms with E-state index in [0.29, 0.717) is 6.61 Å². The van der Waals surface area contributed by atoms with E-state index in [1.165, 1.54) is 31.5 Å². The predicted molar refractivity (Wildman–Crippen MR) is 88.9 cm³/mol. The SMILES string of the molecule is Cc1ccc(Oc2ccccc2OCCN2CCCC2)cc1. The maximum absolute atomic E-state index is 5.95. The van der Waals surface area contributed by atoms with Gasteiger partial charge in [0.15, 0.2) is 11.5 Å². The largest absolute Gasteiger partial charge is 0.488 e. The van der Waals surface area contributed by atoms with Crippen molar-refractivity contribution in [3.63, 3.8) is 0 Å². The number of para-hydroxylation sites is 2. The van der Waals surface area contributed by atoms with E-state index in [-0.39, 0.29) is 0 Å². The van der Waals surface area contributed by atoms with Crippen LogP contribution >= 0.6 is 0 Å². The first-order valence-corrected chi connectivity index (χ1v) is 8.00. The van der Waals surface area contributed by atoms with Gasteiger partial charge < -0.3 is 9.47 Å². The average Bonchev–Trinajstić information content (AvgIpc) is 3.05. The molecule has 3 nitrogen and oxygen atoms in total. The molecule has 0 spiro atoms. The van der Waals surface area contributed by atoms with Crippen LogP contribution in [0.15, 0.2) is 48.5 Å². The maximum Gasteiger partial charge on any atom is 0.169 e. The molecule has 1 heterocycles. The van der Waals surface area contributed by atoms with Crippen molar-refractivity contribution in [3.8, 4) is 17.2 Å². The summed E-state index contributed by atoms with van der Waals surface area (Å²) < 4.78 is 11.9. The number of aryl methyl sites for hydroxylation is 1. The lowest BCUT2D eigenvalue weighted by molar-refractivity contribution is 0.232. The third-order valence-electron chi connectivity index (χ3n) is 3.96. The quantitative estimate of drug-likeness (QED) is 0.795. The van der Waals surface area contributed by atoms with Crippen LogP contribution in [0.3, 0.4) is 0 Å². The fourth-order valence-electron chi connectivity index (χ4n) is 2.68. The summed E-state index contributed by atoms with van der Waals surface area (Å²) in [6.45, 7) is 6.15. The van der Waals surface area contributed by atoms with Gasteiger partial charge in [-0.15, -0.1) is 0 Å². The molecule has 1 fully saturated rings. The molecule has 0 aromatic heterocycles. The van der Waals surface area contributed by atoms with E-state index in [0.717, 1.165) is 23.8 Å². The van der Waals surface area contributed by atoms with Gasteiger partial charge in [-0.25, -0.2) is 0 Å². The number of nitrogens with zero attached hydrogens (tertiary/aromatic N) is 1. The molecule has 2 aromatic carbocycles. The third-order valence-corrected chi connectivity index (χ3v) is 3.96. The normalized spacial score (nSPS) is 15.0. The number of rotatable bonds is 6. The number of hydrogen-bond acceptors (Lipinski definition) is 3. The van der Waals surface area contributed by atoms with Crippen molar-refractivity contribution in [2.75, 3.05) is 26.2 Å². The van der Waals surface area contributed by atoms with Crippen molar-refractivity contribution in [1.82, 2.24) is 4.90 Å². The Morgan fingerprint density at radius 2 is 1.59 bits per heavy atom. The molecule has 0 bridgehead atoms. The smallest absolute Gasteiger partial charge is 0.169 e. The van der Waals surface area contributed by atoms with Gasteiger partial charge in [0, 0.05) is 6.54 Å². The molecule has 116 valence electrons. The van der Waals surface area contributed by atoms with Gasteiger partial charge in [-0.3, -0.25) is 4.90 Å². The van der Waals surface area contributed by atoms with E-state index in [9.17, 15) is 0 Å². The topological polar surface area (TPSA) is 21.7 Å². The van der Waals surface area contributed by atoms with Crippen LogP contribution in [-0.4, -0.2) is 31.1 Å². The molecule has 3 heteroatoms. The molecule has 0 atom stereocenters. The van der Waals surface area contributed by atoms with Crippen LogP contribution in [-0.2, 0) is 0 Å². The Hall–Kier alpha value is -2.00. The zero-order chi connectivity index (χ0) is 15.2. The highest BCUT2D eigenvalue weighted by atomic mass is 16.5. The fraction of sp³-hybridized carbons (Fsp3) is 0.368. The summed E-state index contributed by atoms with van der Waals surface area (Å²) in [5, 5.41) is 0. The van der Waals surface area contributed by atoms with Gasteiger partial charge in [-0.2, -0.15) is 0 Å². The van der Waals surface area contributed by atoms with Gasteiger partial charge in [-0.1, -0.05) is 29.8 Å². The molecule has 1 aliphatic rings. The Morgan fingerprint density at radius 1 is 0.909 bits per heavy atom. The molecule has 0 unspecified atom stereocenters. The lowest BCUT2D eigenvalue weighted by Crippen LogP contribution is -2.25. The number of likely N-dealkylation sites (tertiary alicyclic amines) is 1. The summed E-state index contributed by atoms with van der Waals surface area (Å²) in [4.78, 5) is 2.45. The molecule has 3 rings (SSSR count). The average molecular weight is 297 g/mol. The Bertz CT molecular complexity index is 589. The van der Waals surface area contributed by atoms with Crippen LogP contribution in [0.4, 0.5) is 0 Å². The predicted octanol–water partition coefficient (Wildman–Crippen LogP) is 4.26. The number of hydrogen-bond donors (Lipinski definition) is 0. The van der Waals surface area contributed by atoms with Crippen molar-refractivity contribution < 1.29 is 9.47 Å². The first kappa shape index (κ1) is 14.9. The Kier molecular flexibility index (Phi) is 4.96. The summed E-state index contributed by atoms with van der Waals surface area (Å²) in [6, 6.07) is 15.9. The van der Waals surface area contributed by atoms with Crippen LogP contribution in [0.5, 0.6) is 17.2 Å². The van der Waals surface area contributed by atoms with Crippen molar-refractivity contribution in [1.29, 1.82) is 0 Å². The molecule has 2 aromatic rings. The van der Waals surface area contributed by atoms with E-state index >= 15 is 0 Å². The van der Waals surface area contributed by atoms with E-state index in [4.69, 9.17) is 9.47 Å². The highest BCUT2D eigenvalue weighted by molar-refractivity contribution is 5.43. The minimum absolute atomic E-state index is 0.703. The standard InChI is InChI=1S/C19H23NO2/c1-16-8-10-17(11-9-16)22-19-7-3-2-6-18(19)21-15-14-20-12-4-5-13-20/h2-3,6-11H,4-5,12-15H2,1H3. The van der Waals surface area contributed by atoms with Crippen molar-refractivity contribution in [3.05, 3.63) is 54.1 Å². The minimum atomic E-state index is 0.703. The van der Waals surface area contributed by atoms with Crippen LogP contribution in [0, 0.1) is 6.92 Å². The second kappa shape index (κ2) is 7.32. The molecule has 0 amide bonds. The summed E-state index contributed by atoms with van der Waals surface area (Å²) in [5.41, 5.74) is 1.22. The summed E-state index contributed by atoms with van der Waals surface area (Å²) in [7, 11) is 0. The van der Waals surface area contributed by atoms with Gasteiger partial charge in [-0.05, 0) is 57.1 Å². The highest BCUT2D eigenvalue weighted by Crippen LogP contribution is 2.31. The van der Waals surface area contributed by atoms with Gasteiger partial charge in [0.1, 0.15) is 12.4 Å². The third kappa shape index (κ3) is 4.01. The van der Waals surface area contributed by atoms with Crippen LogP contribution in [0.25, 0.3) is 0 Å². The Morgan fingerprint density at radius 3 is 2.32 bits per heavy atom. The van der Waals surface area contributed by atoms with Crippen LogP contribution < -0.4 is 9.47 Å². The Labute approximate surface area is 132 Å². The van der Waals surface area contributed by atoms with E-state index in [1.54, 1.807) is 0 Å². The number of benzene rings is 2. The van der Waals surface area contributed by atoms with Gasteiger partial charge in [0.05, 0.1) is 0 Å². The van der Waals surface area contributed by atoms with Crippen LogP contribution in [0.1, 0.15) is 18.4 Å². The zero-order valence-electron chi connectivity index (χ0n) is 13.1. The molecule has 0 aliphatic carbocycles. The van der Waals surface area contributed by atoms with E-state index < -0.39 is 0 Å². The van der Waals surface area contributed by atoms with Gasteiger partial charge >= 0.3 is 0 Å². The lowest BCUT2D eigenvalue weighted by Gasteiger charge is -2.16. The molecule has 1 aliphatic heterocycles. The summed E-state index contributed by atoms with van der Waals surface area (Å²) in [5.74, 6) is 2.41. The first-order valence-electron chi connectivity index (χ1n) is 8.00. The fourth-order valence-corrected chi connectivity index (χ4v) is 2.68. The highest BCUT2D eigenvalue weighted by Gasteiger charge is 2.12. The summed E-state index contributed by atoms with van der Waals surface area (Å²) >= 11 is 0. The lowest BCUT2D eigenvalue weighted by atomic mass is 10.2. The molecule has 0 saturated carbocycles. The molecule has 22 heavy (non-hydrogen) atoms. The minimum Gasteiger partial charge on any atom is -0.488 e. The molecule has 1 saturated heterocycles. The second-order valence-electron chi connectivity index (χ2n) is 5.76. The molecule has 0 N–H and O–H groups in total. The zero-order valence-corrected chi connectivity index (χ0v) is 13.1. The molecular formula is C19H23NO2. The van der Waals surface area contributed by atoms with Crippen molar-refractivity contribution >= 4 is 0 Å². The molecule has 0 radical (unpaired) electrons. The monoisotopic (exact) mass is 297 g/mol. The van der Waals surface area contributed by atoms with E-state index in [1.807, 2.05) is 48.5 Å². The maximum atomic E-state index is 5.95. The summed E-state index contributed by atoms with van der Waals surface area (Å²) in [6.07, 6.45) is 2.63. The first-order chi connectivity index (χ1) is 10.8. The van der Waals surface area contributed by atoms with E-state index in [2.05, 4.69) is 11.8 Å². The Balaban J connectivity index is 1.60.